The predicted octanol–water partition coefficient (Wildman–Crippen LogP) is 13.3. The zero-order valence-corrected chi connectivity index (χ0v) is 40.1. The Morgan fingerprint density at radius 1 is 0.817 bits per heavy atom. The molecule has 9 heteroatoms. The average molecular weight is 1040 g/mol. The van der Waals surface area contributed by atoms with E-state index in [9.17, 15) is 8.78 Å². The topological polar surface area (TPSA) is 56.7 Å². The molecule has 4 aromatic heterocycles. The Morgan fingerprint density at radius 3 is 2.22 bits per heavy atom. The molecule has 0 aliphatic heterocycles. The van der Waals surface area contributed by atoms with Crippen LogP contribution in [-0.4, -0.2) is 32.8 Å². The van der Waals surface area contributed by atoms with Crippen molar-refractivity contribution in [2.75, 3.05) is 0 Å². The summed E-state index contributed by atoms with van der Waals surface area (Å²) in [5.74, 6) is 6.37. The van der Waals surface area contributed by atoms with Gasteiger partial charge in [0.1, 0.15) is 5.82 Å². The van der Waals surface area contributed by atoms with Crippen LogP contribution < -0.4 is 4.40 Å². The molecule has 0 N–H and O–H groups in total. The number of nitrogens with zero attached hydrogens (tertiary/aromatic N) is 4. The van der Waals surface area contributed by atoms with E-state index < -0.39 is 19.2 Å². The van der Waals surface area contributed by atoms with Crippen LogP contribution in [0.2, 0.25) is 17.3 Å². The Kier molecular flexibility index (Phi) is 11.4. The summed E-state index contributed by atoms with van der Waals surface area (Å²) in [6.45, 7) is 14.1. The SMILES string of the molecule is Cc1cc(F)cc(C)c1-n1c(-c2[c-]ccc3c2oc2nc(C(C)(C)C)ccc23)nc2ccc3ccccc3c21.[2H]C(C)(C)c1cc(-c2[c-]cc(F)cc2)nc[c]1[Ge]([CH3])([CH3])[CH3].[Ir]. The van der Waals surface area contributed by atoms with Gasteiger partial charge < -0.3 is 8.98 Å². The zero-order chi connectivity index (χ0) is 42.9. The molecule has 0 amide bonds. The van der Waals surface area contributed by atoms with E-state index in [-0.39, 0.29) is 37.2 Å². The second kappa shape index (κ2) is 16.4. The van der Waals surface area contributed by atoms with Crippen LogP contribution in [0.3, 0.4) is 0 Å². The number of aromatic nitrogens is 4. The molecule has 1 radical (unpaired) electrons. The van der Waals surface area contributed by atoms with Crippen molar-refractivity contribution >= 4 is 61.5 Å². The number of imidazole rings is 1. The monoisotopic (exact) mass is 1040 g/mol. The van der Waals surface area contributed by atoms with Crippen LogP contribution in [-0.2, 0) is 25.5 Å². The third kappa shape index (κ3) is 8.10. The van der Waals surface area contributed by atoms with Crippen LogP contribution in [0.1, 0.15) is 64.3 Å². The second-order valence-electron chi connectivity index (χ2n) is 17.6. The van der Waals surface area contributed by atoms with E-state index in [0.29, 0.717) is 17.1 Å². The predicted molar refractivity (Wildman–Crippen MR) is 242 cm³/mol. The van der Waals surface area contributed by atoms with Crippen molar-refractivity contribution in [1.29, 1.82) is 0 Å². The molecule has 0 spiro atoms. The Bertz CT molecular complexity index is 3080. The van der Waals surface area contributed by atoms with Gasteiger partial charge in [0.15, 0.2) is 0 Å². The van der Waals surface area contributed by atoms with Gasteiger partial charge >= 0.3 is 125 Å². The molecule has 5 aromatic carbocycles. The van der Waals surface area contributed by atoms with E-state index in [1.807, 2.05) is 70.3 Å². The van der Waals surface area contributed by atoms with Crippen molar-refractivity contribution in [3.05, 3.63) is 149 Å². The minimum absolute atomic E-state index is 0. The third-order valence-corrected chi connectivity index (χ3v) is 15.0. The molecule has 60 heavy (non-hydrogen) atoms. The molecule has 0 fully saturated rings. The summed E-state index contributed by atoms with van der Waals surface area (Å²) in [4.78, 5) is 14.5. The fourth-order valence-corrected chi connectivity index (χ4v) is 11.2. The molecule has 0 atom stereocenters. The van der Waals surface area contributed by atoms with Crippen LogP contribution in [0.5, 0.6) is 0 Å². The normalized spacial score (nSPS) is 12.4. The Labute approximate surface area is 368 Å². The summed E-state index contributed by atoms with van der Waals surface area (Å²) in [6.07, 6.45) is 1.91. The maximum atomic E-state index is 14.4. The first-order valence-electron chi connectivity index (χ1n) is 20.4. The molecule has 0 unspecified atom stereocenters. The van der Waals surface area contributed by atoms with Crippen LogP contribution in [0.15, 0.2) is 108 Å². The number of hydrogen-bond acceptors (Lipinski definition) is 4. The van der Waals surface area contributed by atoms with Gasteiger partial charge in [0.25, 0.3) is 0 Å². The van der Waals surface area contributed by atoms with Gasteiger partial charge in [-0.05, 0) is 60.7 Å². The van der Waals surface area contributed by atoms with Crippen molar-refractivity contribution in [3.63, 3.8) is 0 Å². The maximum Gasteiger partial charge on any atom is 0 e. The number of fused-ring (bicyclic) bond motifs is 6. The fourth-order valence-electron chi connectivity index (χ4n) is 7.87. The summed E-state index contributed by atoms with van der Waals surface area (Å²) in [5, 5.41) is 4.10. The molecular formula is C51H48F2GeIrN4O-2. The van der Waals surface area contributed by atoms with Crippen LogP contribution >= 0.6 is 0 Å². The standard InChI is InChI=1S/C34H27FN3O.C17H21FGeN.Ir/c1-19-17-22(35)18-20(2)29(19)38-30-23-10-7-6-9-21(23)13-15-27(30)36-32(38)26-12-8-11-24-25-14-16-28(34(3,4)5)37-33(25)39-31(24)26;1-12(2)15-10-17(13-6-8-14(18)9-7-13)20-11-16(15)19(3,4)5;/h6-11,13-18H,1-5H3;6,8-12H,1-5H3;/q2*-1;/i;12D;. The minimum Gasteiger partial charge on any atom is 0 e. The van der Waals surface area contributed by atoms with Crippen molar-refractivity contribution in [2.45, 2.75) is 77.0 Å². The molecule has 0 aliphatic rings. The van der Waals surface area contributed by atoms with E-state index in [4.69, 9.17) is 15.8 Å². The van der Waals surface area contributed by atoms with Crippen LogP contribution in [0.25, 0.3) is 72.2 Å². The van der Waals surface area contributed by atoms with Crippen LogP contribution in [0.4, 0.5) is 8.78 Å². The van der Waals surface area contributed by atoms with Crippen molar-refractivity contribution in [3.8, 4) is 28.3 Å². The number of aryl methyl sites for hydroxylation is 2. The molecule has 5 nitrogen and oxygen atoms in total. The van der Waals surface area contributed by atoms with E-state index in [2.05, 4.69) is 90.1 Å². The van der Waals surface area contributed by atoms with Crippen molar-refractivity contribution in [1.82, 2.24) is 19.5 Å². The molecule has 307 valence electrons. The summed E-state index contributed by atoms with van der Waals surface area (Å²) in [5.41, 5.74) is 9.80. The molecule has 9 aromatic rings. The Balaban J connectivity index is 0.000000217. The van der Waals surface area contributed by atoms with E-state index >= 15 is 0 Å². The van der Waals surface area contributed by atoms with Gasteiger partial charge in [0.2, 0.25) is 5.71 Å². The molecule has 9 rings (SSSR count). The molecular weight excluding hydrogens is 987 g/mol. The molecule has 0 saturated heterocycles. The maximum absolute atomic E-state index is 14.4. The van der Waals surface area contributed by atoms with Crippen molar-refractivity contribution < 1.29 is 34.7 Å². The minimum atomic E-state index is -2.10. The zero-order valence-electron chi connectivity index (χ0n) is 36.6. The van der Waals surface area contributed by atoms with Gasteiger partial charge in [0.05, 0.1) is 22.4 Å². The largest absolute Gasteiger partial charge is 0 e. The summed E-state index contributed by atoms with van der Waals surface area (Å²) >= 11 is -2.10. The third-order valence-electron chi connectivity index (χ3n) is 10.8. The molecule has 4 heterocycles. The van der Waals surface area contributed by atoms with E-state index in [0.717, 1.165) is 77.5 Å². The summed E-state index contributed by atoms with van der Waals surface area (Å²) < 4.78 is 45.7. The number of rotatable bonds is 5. The van der Waals surface area contributed by atoms with Gasteiger partial charge in [-0.3, -0.25) is 4.98 Å². The first kappa shape index (κ1) is 41.7. The molecule has 0 bridgehead atoms. The fraction of sp³-hybridized carbons (Fsp3) is 0.235. The smallest absolute Gasteiger partial charge is 0 e. The van der Waals surface area contributed by atoms with Gasteiger partial charge in [-0.2, -0.15) is 0 Å². The Morgan fingerprint density at radius 2 is 1.55 bits per heavy atom. The average Bonchev–Trinajstić information content (AvgIpc) is 3.76. The second-order valence-corrected chi connectivity index (χ2v) is 28.2. The number of halogens is 2. The first-order chi connectivity index (χ1) is 28.3. The van der Waals surface area contributed by atoms with Crippen LogP contribution in [0, 0.1) is 37.6 Å². The summed E-state index contributed by atoms with van der Waals surface area (Å²) in [7, 11) is 0. The van der Waals surface area contributed by atoms with Gasteiger partial charge in [0, 0.05) is 47.7 Å². The van der Waals surface area contributed by atoms with Gasteiger partial charge in [-0.15, -0.1) is 18.2 Å². The summed E-state index contributed by atoms with van der Waals surface area (Å²) in [6, 6.07) is 36.4. The van der Waals surface area contributed by atoms with Crippen molar-refractivity contribution in [2.24, 2.45) is 0 Å². The number of pyridine rings is 2. The van der Waals surface area contributed by atoms with E-state index in [1.54, 1.807) is 18.2 Å². The van der Waals surface area contributed by atoms with E-state index in [1.165, 1.54) is 16.5 Å². The number of furan rings is 1. The molecule has 0 aliphatic carbocycles. The first-order valence-corrected chi connectivity index (χ1v) is 27.2. The van der Waals surface area contributed by atoms with Gasteiger partial charge in [-0.25, -0.2) is 9.37 Å². The quantitative estimate of drug-likeness (QED) is 0.127. The number of hydrogen-bond donors (Lipinski definition) is 0. The number of benzene rings is 5. The van der Waals surface area contributed by atoms with Gasteiger partial charge in [-0.1, -0.05) is 62.1 Å². The molecule has 0 saturated carbocycles. The Hall–Kier alpha value is -5.02.